The molecule has 3 aromatic rings. The van der Waals surface area contributed by atoms with Crippen LogP contribution in [-0.2, 0) is 14.8 Å². The molecule has 0 aromatic heterocycles. The number of nitrogens with one attached hydrogen (secondary N) is 3. The van der Waals surface area contributed by atoms with E-state index in [0.717, 1.165) is 12.8 Å². The third-order valence-electron chi connectivity index (χ3n) is 5.45. The predicted octanol–water partition coefficient (Wildman–Crippen LogP) is 4.30. The lowest BCUT2D eigenvalue weighted by Gasteiger charge is -2.14. The first kappa shape index (κ1) is 24.7. The maximum Gasteiger partial charge on any atom is 0.261 e. The second-order valence-corrected chi connectivity index (χ2v) is 10.0. The normalized spacial score (nSPS) is 15.4. The molecule has 0 unspecified atom stereocenters. The Hall–Kier alpha value is -3.40. The number of amides is 2. The minimum Gasteiger partial charge on any atom is -0.376 e. The van der Waals surface area contributed by atoms with E-state index in [4.69, 9.17) is 16.3 Å². The quantitative estimate of drug-likeness (QED) is 0.415. The summed E-state index contributed by atoms with van der Waals surface area (Å²) in [6.07, 6.45) is 1.87. The Morgan fingerprint density at radius 1 is 0.943 bits per heavy atom. The molecule has 182 valence electrons. The van der Waals surface area contributed by atoms with E-state index in [9.17, 15) is 18.0 Å². The zero-order valence-corrected chi connectivity index (χ0v) is 20.2. The van der Waals surface area contributed by atoms with E-state index in [0.29, 0.717) is 24.4 Å². The number of halogens is 1. The average Bonchev–Trinajstić information content (AvgIpc) is 3.37. The summed E-state index contributed by atoms with van der Waals surface area (Å²) in [5.74, 6) is -0.861. The third-order valence-corrected chi connectivity index (χ3v) is 7.16. The highest BCUT2D eigenvalue weighted by molar-refractivity contribution is 7.92. The van der Waals surface area contributed by atoms with Gasteiger partial charge in [0.25, 0.3) is 21.8 Å². The lowest BCUT2D eigenvalue weighted by atomic mass is 10.1. The molecule has 0 bridgehead atoms. The lowest BCUT2D eigenvalue weighted by Crippen LogP contribution is -2.32. The summed E-state index contributed by atoms with van der Waals surface area (Å²) < 4.78 is 33.0. The van der Waals surface area contributed by atoms with Gasteiger partial charge in [-0.05, 0) is 55.3 Å². The van der Waals surface area contributed by atoms with E-state index in [1.54, 1.807) is 42.5 Å². The molecule has 4 rings (SSSR count). The zero-order valence-electron chi connectivity index (χ0n) is 18.7. The van der Waals surface area contributed by atoms with Crippen LogP contribution in [0.25, 0.3) is 0 Å². The number of ether oxygens (including phenoxy) is 1. The molecule has 0 spiro atoms. The van der Waals surface area contributed by atoms with E-state index < -0.39 is 15.9 Å². The molecule has 3 aromatic carbocycles. The molecule has 0 radical (unpaired) electrons. The van der Waals surface area contributed by atoms with Crippen LogP contribution in [0.1, 0.15) is 33.6 Å². The molecule has 1 heterocycles. The topological polar surface area (TPSA) is 114 Å². The van der Waals surface area contributed by atoms with Gasteiger partial charge in [-0.3, -0.25) is 14.3 Å². The van der Waals surface area contributed by atoms with Crippen molar-refractivity contribution in [2.75, 3.05) is 23.2 Å². The summed E-state index contributed by atoms with van der Waals surface area (Å²) in [4.78, 5) is 25.7. The van der Waals surface area contributed by atoms with Crippen molar-refractivity contribution in [2.45, 2.75) is 23.8 Å². The van der Waals surface area contributed by atoms with Crippen LogP contribution in [0.15, 0.2) is 77.7 Å². The van der Waals surface area contributed by atoms with Gasteiger partial charge in [0.2, 0.25) is 0 Å². The number of carbonyl (C=O) groups excluding carboxylic acids is 2. The highest BCUT2D eigenvalue weighted by Gasteiger charge is 2.20. The molecule has 2 amide bonds. The van der Waals surface area contributed by atoms with Crippen LogP contribution >= 0.6 is 11.6 Å². The number of carbonyl (C=O) groups is 2. The molecule has 8 nitrogen and oxygen atoms in total. The molecule has 1 aliphatic rings. The molecule has 10 heteroatoms. The number of hydrogen-bond donors (Lipinski definition) is 3. The molecular formula is C25H24ClN3O5S. The summed E-state index contributed by atoms with van der Waals surface area (Å²) in [5.41, 5.74) is 0.975. The van der Waals surface area contributed by atoms with Gasteiger partial charge >= 0.3 is 0 Å². The van der Waals surface area contributed by atoms with E-state index in [1.807, 2.05) is 0 Å². The Kier molecular flexibility index (Phi) is 7.70. The highest BCUT2D eigenvalue weighted by atomic mass is 35.5. The van der Waals surface area contributed by atoms with Crippen molar-refractivity contribution < 1.29 is 22.7 Å². The first-order valence-electron chi connectivity index (χ1n) is 11.0. The van der Waals surface area contributed by atoms with Crippen LogP contribution in [0, 0.1) is 0 Å². The van der Waals surface area contributed by atoms with Crippen molar-refractivity contribution in [2.24, 2.45) is 0 Å². The molecule has 1 saturated heterocycles. The standard InChI is InChI=1S/C25H24ClN3O5S/c26-22-15-17(29-35(32,33)19-8-2-1-3-9-19)12-13-20(22)25(31)28-23-11-5-4-10-21(23)24(30)27-16-18-7-6-14-34-18/h1-5,8-13,15,18,29H,6-7,14,16H2,(H,27,30)(H,28,31)/t18-/m1/s1. The fourth-order valence-corrected chi connectivity index (χ4v) is 5.00. The fraction of sp³-hybridized carbons (Fsp3) is 0.200. The third kappa shape index (κ3) is 6.19. The van der Waals surface area contributed by atoms with Crippen molar-refractivity contribution >= 4 is 44.8 Å². The van der Waals surface area contributed by atoms with E-state index in [1.165, 1.54) is 30.3 Å². The summed E-state index contributed by atoms with van der Waals surface area (Å²) in [5, 5.41) is 5.61. The van der Waals surface area contributed by atoms with Gasteiger partial charge in [-0.1, -0.05) is 41.9 Å². The van der Waals surface area contributed by atoms with Gasteiger partial charge in [-0.2, -0.15) is 0 Å². The second kappa shape index (κ2) is 10.9. The monoisotopic (exact) mass is 513 g/mol. The smallest absolute Gasteiger partial charge is 0.261 e. The van der Waals surface area contributed by atoms with Crippen molar-refractivity contribution in [1.29, 1.82) is 0 Å². The Morgan fingerprint density at radius 2 is 1.69 bits per heavy atom. The van der Waals surface area contributed by atoms with Crippen LogP contribution < -0.4 is 15.4 Å². The van der Waals surface area contributed by atoms with Gasteiger partial charge in [-0.15, -0.1) is 0 Å². The molecule has 0 saturated carbocycles. The average molecular weight is 514 g/mol. The Balaban J connectivity index is 1.45. The van der Waals surface area contributed by atoms with Crippen LogP contribution in [0.3, 0.4) is 0 Å². The molecule has 0 aliphatic carbocycles. The predicted molar refractivity (Wildman–Crippen MR) is 134 cm³/mol. The molecular weight excluding hydrogens is 490 g/mol. The van der Waals surface area contributed by atoms with Crippen molar-refractivity contribution in [3.63, 3.8) is 0 Å². The van der Waals surface area contributed by atoms with Crippen molar-refractivity contribution in [3.05, 3.63) is 88.9 Å². The van der Waals surface area contributed by atoms with Crippen LogP contribution in [0.2, 0.25) is 5.02 Å². The van der Waals surface area contributed by atoms with Crippen LogP contribution in [0.5, 0.6) is 0 Å². The van der Waals surface area contributed by atoms with Gasteiger partial charge in [-0.25, -0.2) is 8.42 Å². The largest absolute Gasteiger partial charge is 0.376 e. The maximum absolute atomic E-state index is 12.9. The number of rotatable bonds is 8. The van der Waals surface area contributed by atoms with Gasteiger partial charge in [0.1, 0.15) is 0 Å². The Morgan fingerprint density at radius 3 is 2.40 bits per heavy atom. The summed E-state index contributed by atoms with van der Waals surface area (Å²) in [6.45, 7) is 1.09. The van der Waals surface area contributed by atoms with E-state index in [-0.39, 0.29) is 33.2 Å². The second-order valence-electron chi connectivity index (χ2n) is 7.96. The zero-order chi connectivity index (χ0) is 24.8. The fourth-order valence-electron chi connectivity index (χ4n) is 3.66. The number of benzene rings is 3. The number of anilines is 2. The summed E-state index contributed by atoms with van der Waals surface area (Å²) in [6, 6.07) is 18.8. The highest BCUT2D eigenvalue weighted by Crippen LogP contribution is 2.25. The van der Waals surface area contributed by atoms with E-state index in [2.05, 4.69) is 15.4 Å². The first-order chi connectivity index (χ1) is 16.8. The molecule has 1 fully saturated rings. The number of sulfonamides is 1. The molecule has 35 heavy (non-hydrogen) atoms. The first-order valence-corrected chi connectivity index (χ1v) is 12.9. The Bertz CT molecular complexity index is 1330. The molecule has 1 aliphatic heterocycles. The van der Waals surface area contributed by atoms with Gasteiger partial charge < -0.3 is 15.4 Å². The SMILES string of the molecule is O=C(Nc1ccccc1C(=O)NC[C@H]1CCCO1)c1ccc(NS(=O)(=O)c2ccccc2)cc1Cl. The van der Waals surface area contributed by atoms with Gasteiger partial charge in [0.05, 0.1) is 38.5 Å². The van der Waals surface area contributed by atoms with Crippen molar-refractivity contribution in [1.82, 2.24) is 5.32 Å². The summed E-state index contributed by atoms with van der Waals surface area (Å²) >= 11 is 6.30. The lowest BCUT2D eigenvalue weighted by molar-refractivity contribution is 0.0858. The van der Waals surface area contributed by atoms with Crippen LogP contribution in [0.4, 0.5) is 11.4 Å². The number of hydrogen-bond acceptors (Lipinski definition) is 5. The van der Waals surface area contributed by atoms with Gasteiger partial charge in [0.15, 0.2) is 0 Å². The van der Waals surface area contributed by atoms with Crippen LogP contribution in [-0.4, -0.2) is 39.5 Å². The van der Waals surface area contributed by atoms with E-state index >= 15 is 0 Å². The Labute approximate surface area is 208 Å². The number of para-hydroxylation sites is 1. The maximum atomic E-state index is 12.9. The van der Waals surface area contributed by atoms with Gasteiger partial charge in [0, 0.05) is 13.2 Å². The summed E-state index contributed by atoms with van der Waals surface area (Å²) in [7, 11) is -3.80. The minimum atomic E-state index is -3.80. The minimum absolute atomic E-state index is 0.00246. The molecule has 1 atom stereocenters. The van der Waals surface area contributed by atoms with Crippen molar-refractivity contribution in [3.8, 4) is 0 Å². The molecule has 3 N–H and O–H groups in total.